The lowest BCUT2D eigenvalue weighted by atomic mass is 10.1. The van der Waals surface area contributed by atoms with Crippen molar-refractivity contribution in [2.24, 2.45) is 0 Å². The molecule has 35 heavy (non-hydrogen) atoms. The largest absolute Gasteiger partial charge is 0.487 e. The van der Waals surface area contributed by atoms with E-state index in [1.54, 1.807) is 4.57 Å². The van der Waals surface area contributed by atoms with Crippen molar-refractivity contribution in [1.82, 2.24) is 9.47 Å². The van der Waals surface area contributed by atoms with Crippen molar-refractivity contribution in [1.29, 1.82) is 0 Å². The second kappa shape index (κ2) is 9.03. The highest BCUT2D eigenvalue weighted by Crippen LogP contribution is 2.42. The maximum atomic E-state index is 15.4. The van der Waals surface area contributed by atoms with Gasteiger partial charge in [0.1, 0.15) is 17.9 Å². The Bertz CT molecular complexity index is 1370. The van der Waals surface area contributed by atoms with Crippen molar-refractivity contribution < 1.29 is 23.8 Å². The number of amides is 1. The third kappa shape index (κ3) is 4.21. The minimum atomic E-state index is -1.35. The molecule has 1 unspecified atom stereocenters. The SMILES string of the molecule is CC1COc2c(N3CCN(CC(=O)Nc4ccccc4)CC3)c(F)cc3c(=O)c(C(=O)O)cn1c23. The van der Waals surface area contributed by atoms with Gasteiger partial charge in [0.15, 0.2) is 11.6 Å². The van der Waals surface area contributed by atoms with Crippen LogP contribution in [0.3, 0.4) is 0 Å². The number of benzene rings is 2. The summed E-state index contributed by atoms with van der Waals surface area (Å²) in [5, 5.41) is 12.3. The van der Waals surface area contributed by atoms with Crippen molar-refractivity contribution >= 4 is 34.2 Å². The molecule has 182 valence electrons. The smallest absolute Gasteiger partial charge is 0.341 e. The molecule has 1 atom stereocenters. The first-order valence-electron chi connectivity index (χ1n) is 11.4. The van der Waals surface area contributed by atoms with Gasteiger partial charge in [0.2, 0.25) is 11.3 Å². The van der Waals surface area contributed by atoms with E-state index in [1.165, 1.54) is 6.20 Å². The number of aromatic nitrogens is 1. The lowest BCUT2D eigenvalue weighted by molar-refractivity contribution is -0.117. The number of pyridine rings is 1. The quantitative estimate of drug-likeness (QED) is 0.578. The highest BCUT2D eigenvalue weighted by atomic mass is 19.1. The number of nitrogens with zero attached hydrogens (tertiary/aromatic N) is 3. The summed E-state index contributed by atoms with van der Waals surface area (Å²) >= 11 is 0. The minimum absolute atomic E-state index is 0.0103. The standard InChI is InChI=1S/C25H25FN4O5/c1-15-14-35-24-21-17(23(32)18(25(33)34)12-30(15)21)11-19(26)22(24)29-9-7-28(8-10-29)13-20(31)27-16-5-3-2-4-6-16/h2-6,11-12,15H,7-10,13-14H2,1H3,(H,27,31)(H,33,34). The van der Waals surface area contributed by atoms with Gasteiger partial charge in [-0.25, -0.2) is 9.18 Å². The third-order valence-electron chi connectivity index (χ3n) is 6.49. The Kier molecular flexibility index (Phi) is 5.89. The summed E-state index contributed by atoms with van der Waals surface area (Å²) in [5.74, 6) is -1.85. The van der Waals surface area contributed by atoms with Crippen molar-refractivity contribution in [2.45, 2.75) is 13.0 Å². The van der Waals surface area contributed by atoms with E-state index in [9.17, 15) is 19.5 Å². The Hall–Kier alpha value is -3.92. The molecule has 3 heterocycles. The molecule has 0 aliphatic carbocycles. The molecule has 9 nitrogen and oxygen atoms in total. The van der Waals surface area contributed by atoms with Crippen LogP contribution in [-0.2, 0) is 4.79 Å². The summed E-state index contributed by atoms with van der Waals surface area (Å²) in [7, 11) is 0. The highest BCUT2D eigenvalue weighted by molar-refractivity contribution is 5.97. The number of rotatable bonds is 5. The molecule has 1 aromatic heterocycles. The van der Waals surface area contributed by atoms with E-state index in [-0.39, 0.29) is 41.9 Å². The zero-order valence-corrected chi connectivity index (χ0v) is 19.2. The third-order valence-corrected chi connectivity index (χ3v) is 6.49. The van der Waals surface area contributed by atoms with E-state index in [0.717, 1.165) is 11.8 Å². The lowest BCUT2D eigenvalue weighted by Crippen LogP contribution is -2.49. The van der Waals surface area contributed by atoms with E-state index in [2.05, 4.69) is 5.32 Å². The van der Waals surface area contributed by atoms with Crippen molar-refractivity contribution in [3.8, 4) is 5.75 Å². The summed E-state index contributed by atoms with van der Waals surface area (Å²) in [6.45, 7) is 4.30. The molecule has 1 saturated heterocycles. The fourth-order valence-electron chi connectivity index (χ4n) is 4.71. The Morgan fingerprint density at radius 3 is 2.57 bits per heavy atom. The van der Waals surface area contributed by atoms with Crippen LogP contribution in [0.4, 0.5) is 15.8 Å². The number of para-hydroxylation sites is 1. The molecular weight excluding hydrogens is 455 g/mol. The van der Waals surface area contributed by atoms with Gasteiger partial charge in [-0.2, -0.15) is 0 Å². The predicted octanol–water partition coefficient (Wildman–Crippen LogP) is 2.55. The van der Waals surface area contributed by atoms with Gasteiger partial charge in [0.05, 0.1) is 23.5 Å². The number of hydrogen-bond donors (Lipinski definition) is 2. The van der Waals surface area contributed by atoms with Gasteiger partial charge in [-0.1, -0.05) is 18.2 Å². The first kappa shape index (κ1) is 22.9. The van der Waals surface area contributed by atoms with Crippen molar-refractivity contribution in [3.05, 3.63) is 64.2 Å². The Morgan fingerprint density at radius 1 is 1.17 bits per heavy atom. The van der Waals surface area contributed by atoms with Gasteiger partial charge in [-0.15, -0.1) is 0 Å². The number of halogens is 1. The summed E-state index contributed by atoms with van der Waals surface area (Å²) in [5.41, 5.74) is 0.264. The molecule has 2 aromatic carbocycles. The molecule has 1 fully saturated rings. The van der Waals surface area contributed by atoms with Crippen LogP contribution in [0.15, 0.2) is 47.4 Å². The Morgan fingerprint density at radius 2 is 1.89 bits per heavy atom. The van der Waals surface area contributed by atoms with Gasteiger partial charge in [0, 0.05) is 38.1 Å². The van der Waals surface area contributed by atoms with Gasteiger partial charge < -0.3 is 24.6 Å². The molecule has 2 N–H and O–H groups in total. The summed E-state index contributed by atoms with van der Waals surface area (Å²) in [6, 6.07) is 10.1. The zero-order chi connectivity index (χ0) is 24.7. The average molecular weight is 480 g/mol. The second-order valence-corrected chi connectivity index (χ2v) is 8.85. The number of piperazine rings is 1. The number of nitrogens with one attached hydrogen (secondary N) is 1. The van der Waals surface area contributed by atoms with Crippen LogP contribution in [0.5, 0.6) is 5.75 Å². The fourth-order valence-corrected chi connectivity index (χ4v) is 4.71. The van der Waals surface area contributed by atoms with E-state index < -0.39 is 22.8 Å². The van der Waals surface area contributed by atoms with Gasteiger partial charge in [0.25, 0.3) is 0 Å². The molecule has 0 saturated carbocycles. The topological polar surface area (TPSA) is 104 Å². The van der Waals surface area contributed by atoms with Gasteiger partial charge in [-0.05, 0) is 25.1 Å². The van der Waals surface area contributed by atoms with Crippen LogP contribution in [0, 0.1) is 5.82 Å². The molecule has 10 heteroatoms. The van der Waals surface area contributed by atoms with Crippen LogP contribution in [0.1, 0.15) is 23.3 Å². The summed E-state index contributed by atoms with van der Waals surface area (Å²) < 4.78 is 23.0. The second-order valence-electron chi connectivity index (χ2n) is 8.85. The molecule has 2 aliphatic heterocycles. The number of anilines is 2. The van der Waals surface area contributed by atoms with Crippen molar-refractivity contribution in [3.63, 3.8) is 0 Å². The summed E-state index contributed by atoms with van der Waals surface area (Å²) in [6.07, 6.45) is 1.31. The summed E-state index contributed by atoms with van der Waals surface area (Å²) in [4.78, 5) is 40.6. The minimum Gasteiger partial charge on any atom is -0.487 e. The Labute approximate surface area is 200 Å². The maximum Gasteiger partial charge on any atom is 0.341 e. The molecule has 0 radical (unpaired) electrons. The molecule has 0 bridgehead atoms. The van der Waals surface area contributed by atoms with Gasteiger partial charge in [-0.3, -0.25) is 14.5 Å². The number of aromatic carboxylic acids is 1. The predicted molar refractivity (Wildman–Crippen MR) is 129 cm³/mol. The number of ether oxygens (including phenoxy) is 1. The molecule has 3 aromatic rings. The van der Waals surface area contributed by atoms with E-state index in [1.807, 2.05) is 47.1 Å². The molecular formula is C25H25FN4O5. The number of carbonyl (C=O) groups is 2. The highest BCUT2D eigenvalue weighted by Gasteiger charge is 2.31. The number of hydrogen-bond acceptors (Lipinski definition) is 6. The average Bonchev–Trinajstić information content (AvgIpc) is 2.83. The normalized spacial score (nSPS) is 17.8. The zero-order valence-electron chi connectivity index (χ0n) is 19.2. The molecule has 1 amide bonds. The monoisotopic (exact) mass is 480 g/mol. The van der Waals surface area contributed by atoms with E-state index >= 15 is 4.39 Å². The van der Waals surface area contributed by atoms with Crippen LogP contribution in [0.2, 0.25) is 0 Å². The number of carboxylic acid groups (broad SMARTS) is 1. The number of carboxylic acids is 1. The molecule has 0 spiro atoms. The lowest BCUT2D eigenvalue weighted by Gasteiger charge is -2.38. The van der Waals surface area contributed by atoms with E-state index in [4.69, 9.17) is 4.74 Å². The van der Waals surface area contributed by atoms with Gasteiger partial charge >= 0.3 is 5.97 Å². The maximum absolute atomic E-state index is 15.4. The van der Waals surface area contributed by atoms with E-state index in [0.29, 0.717) is 31.7 Å². The number of carbonyl (C=O) groups excluding carboxylic acids is 1. The van der Waals surface area contributed by atoms with Crippen LogP contribution >= 0.6 is 0 Å². The van der Waals surface area contributed by atoms with Crippen molar-refractivity contribution in [2.75, 3.05) is 49.5 Å². The van der Waals surface area contributed by atoms with Crippen LogP contribution in [0.25, 0.3) is 10.9 Å². The first-order valence-corrected chi connectivity index (χ1v) is 11.4. The fraction of sp³-hybridized carbons (Fsp3) is 0.320. The van der Waals surface area contributed by atoms with Crippen LogP contribution < -0.4 is 20.4 Å². The Balaban J connectivity index is 1.39. The molecule has 5 rings (SSSR count). The first-order chi connectivity index (χ1) is 16.8. The van der Waals surface area contributed by atoms with Crippen LogP contribution in [-0.4, -0.2) is 65.8 Å². The molecule has 2 aliphatic rings.